The normalized spacial score (nSPS) is 34.0. The molecule has 0 spiro atoms. The van der Waals surface area contributed by atoms with Gasteiger partial charge in [0.25, 0.3) is 0 Å². The van der Waals surface area contributed by atoms with Crippen molar-refractivity contribution in [2.75, 3.05) is 0 Å². The molecule has 1 N–H and O–H groups in total. The summed E-state index contributed by atoms with van der Waals surface area (Å²) in [4.78, 5) is 34.8. The zero-order chi connectivity index (χ0) is 17.4. The molecule has 4 unspecified atom stereocenters. The highest BCUT2D eigenvalue weighted by Crippen LogP contribution is 2.08. The van der Waals surface area contributed by atoms with Crippen LogP contribution in [0.3, 0.4) is 0 Å². The first-order valence-corrected chi connectivity index (χ1v) is 7.41. The number of carbonyl (C=O) groups is 3. The lowest BCUT2D eigenvalue weighted by molar-refractivity contribution is -0.157. The Morgan fingerprint density at radius 1 is 0.957 bits per heavy atom. The third-order valence-electron chi connectivity index (χ3n) is 3.04. The van der Waals surface area contributed by atoms with Gasteiger partial charge in [0, 0.05) is 18.6 Å². The Balaban J connectivity index is 2.82. The summed E-state index contributed by atoms with van der Waals surface area (Å²) in [6.07, 6.45) is 2.17. The Hall–Kier alpha value is -2.15. The van der Waals surface area contributed by atoms with E-state index in [9.17, 15) is 19.5 Å². The average molecular weight is 326 g/mol. The maximum atomic E-state index is 11.7. The van der Waals surface area contributed by atoms with Crippen LogP contribution in [0.15, 0.2) is 24.3 Å². The van der Waals surface area contributed by atoms with E-state index in [1.54, 1.807) is 13.8 Å². The number of aliphatic hydroxyl groups is 1. The lowest BCUT2D eigenvalue weighted by atomic mass is 10.2. The summed E-state index contributed by atoms with van der Waals surface area (Å²) in [5.74, 6) is -1.84. The molecule has 0 aromatic heterocycles. The van der Waals surface area contributed by atoms with Crippen molar-refractivity contribution in [1.82, 2.24) is 0 Å². The van der Waals surface area contributed by atoms with E-state index in [0.717, 1.165) is 6.08 Å². The fraction of sp³-hybridized carbons (Fsp3) is 0.562. The van der Waals surface area contributed by atoms with Gasteiger partial charge in [0.1, 0.15) is 24.4 Å². The molecule has 1 rings (SSSR count). The largest absolute Gasteiger partial charge is 0.459 e. The molecule has 0 aromatic carbocycles. The van der Waals surface area contributed by atoms with Gasteiger partial charge in [-0.15, -0.1) is 0 Å². The molecule has 0 saturated heterocycles. The van der Waals surface area contributed by atoms with E-state index in [1.165, 1.54) is 25.2 Å². The van der Waals surface area contributed by atoms with E-state index in [4.69, 9.17) is 14.2 Å². The summed E-state index contributed by atoms with van der Waals surface area (Å²) in [5.41, 5.74) is 0. The summed E-state index contributed by atoms with van der Waals surface area (Å²) in [6, 6.07) is 0. The number of hydrogen-bond acceptors (Lipinski definition) is 7. The van der Waals surface area contributed by atoms with Gasteiger partial charge in [-0.1, -0.05) is 6.08 Å². The van der Waals surface area contributed by atoms with Gasteiger partial charge in [0.15, 0.2) is 0 Å². The minimum absolute atomic E-state index is 0.126. The average Bonchev–Trinajstić information content (AvgIpc) is 2.43. The Kier molecular flexibility index (Phi) is 7.47. The van der Waals surface area contributed by atoms with Crippen molar-refractivity contribution < 1.29 is 33.7 Å². The van der Waals surface area contributed by atoms with Crippen LogP contribution in [0.25, 0.3) is 0 Å². The smallest absolute Gasteiger partial charge is 0.330 e. The Morgan fingerprint density at radius 2 is 1.57 bits per heavy atom. The zero-order valence-electron chi connectivity index (χ0n) is 13.4. The lowest BCUT2D eigenvalue weighted by Gasteiger charge is -2.18. The quantitative estimate of drug-likeness (QED) is 0.524. The minimum atomic E-state index is -1.15. The van der Waals surface area contributed by atoms with Gasteiger partial charge in [0.05, 0.1) is 6.42 Å². The van der Waals surface area contributed by atoms with E-state index in [-0.39, 0.29) is 6.42 Å². The fourth-order valence-corrected chi connectivity index (χ4v) is 1.81. The SMILES string of the molecule is CC1C/C=C\C(=O)OC(C)CC(=O)OC(C)C(O)/C=C\C(=O)O1. The summed E-state index contributed by atoms with van der Waals surface area (Å²) in [7, 11) is 0. The second-order valence-electron chi connectivity index (χ2n) is 5.38. The second kappa shape index (κ2) is 9.09. The zero-order valence-corrected chi connectivity index (χ0v) is 13.4. The molecule has 7 heteroatoms. The lowest BCUT2D eigenvalue weighted by Crippen LogP contribution is -2.29. The highest BCUT2D eigenvalue weighted by atomic mass is 16.6. The maximum absolute atomic E-state index is 11.7. The van der Waals surface area contributed by atoms with Crippen LogP contribution in [0.5, 0.6) is 0 Å². The predicted octanol–water partition coefficient (Wildman–Crippen LogP) is 1.05. The van der Waals surface area contributed by atoms with Crippen molar-refractivity contribution in [2.24, 2.45) is 0 Å². The molecule has 4 atom stereocenters. The molecular weight excluding hydrogens is 304 g/mol. The number of ether oxygens (including phenoxy) is 3. The van der Waals surface area contributed by atoms with Gasteiger partial charge in [-0.05, 0) is 26.8 Å². The van der Waals surface area contributed by atoms with E-state index >= 15 is 0 Å². The summed E-state index contributed by atoms with van der Waals surface area (Å²) in [5, 5.41) is 9.83. The molecule has 7 nitrogen and oxygen atoms in total. The molecule has 23 heavy (non-hydrogen) atoms. The van der Waals surface area contributed by atoms with Crippen LogP contribution < -0.4 is 0 Å². The molecule has 1 aliphatic heterocycles. The fourth-order valence-electron chi connectivity index (χ4n) is 1.81. The van der Waals surface area contributed by atoms with E-state index < -0.39 is 42.3 Å². The van der Waals surface area contributed by atoms with Crippen molar-refractivity contribution in [3.05, 3.63) is 24.3 Å². The molecule has 0 amide bonds. The molecule has 1 aliphatic rings. The van der Waals surface area contributed by atoms with Crippen LogP contribution in [-0.2, 0) is 28.6 Å². The van der Waals surface area contributed by atoms with Crippen LogP contribution >= 0.6 is 0 Å². The highest BCUT2D eigenvalue weighted by Gasteiger charge is 2.20. The topological polar surface area (TPSA) is 99.1 Å². The van der Waals surface area contributed by atoms with E-state index in [2.05, 4.69) is 0 Å². The van der Waals surface area contributed by atoms with Crippen LogP contribution in [-0.4, -0.2) is 47.4 Å². The number of aliphatic hydroxyl groups excluding tert-OH is 1. The number of carbonyl (C=O) groups excluding carboxylic acids is 3. The molecule has 0 radical (unpaired) electrons. The van der Waals surface area contributed by atoms with E-state index in [1.807, 2.05) is 0 Å². The molecule has 0 aromatic rings. The maximum Gasteiger partial charge on any atom is 0.330 e. The monoisotopic (exact) mass is 326 g/mol. The number of hydrogen-bond donors (Lipinski definition) is 1. The third kappa shape index (κ3) is 7.60. The van der Waals surface area contributed by atoms with Gasteiger partial charge in [-0.2, -0.15) is 0 Å². The summed E-state index contributed by atoms with van der Waals surface area (Å²) in [6.45, 7) is 4.74. The molecule has 0 aliphatic carbocycles. The van der Waals surface area contributed by atoms with Gasteiger partial charge >= 0.3 is 17.9 Å². The van der Waals surface area contributed by atoms with E-state index in [0.29, 0.717) is 6.42 Å². The van der Waals surface area contributed by atoms with Crippen LogP contribution in [0.2, 0.25) is 0 Å². The van der Waals surface area contributed by atoms with Gasteiger partial charge in [0.2, 0.25) is 0 Å². The van der Waals surface area contributed by atoms with Crippen LogP contribution in [0.4, 0.5) is 0 Å². The molecule has 0 bridgehead atoms. The second-order valence-corrected chi connectivity index (χ2v) is 5.38. The summed E-state index contributed by atoms with van der Waals surface area (Å²) < 4.78 is 15.1. The predicted molar refractivity (Wildman–Crippen MR) is 80.2 cm³/mol. The van der Waals surface area contributed by atoms with Gasteiger partial charge in [-0.25, -0.2) is 9.59 Å². The first kappa shape index (κ1) is 18.9. The first-order valence-electron chi connectivity index (χ1n) is 7.41. The number of rotatable bonds is 0. The van der Waals surface area contributed by atoms with Crippen molar-refractivity contribution in [3.8, 4) is 0 Å². The molecular formula is C16H22O7. The third-order valence-corrected chi connectivity index (χ3v) is 3.04. The Morgan fingerprint density at radius 3 is 2.26 bits per heavy atom. The van der Waals surface area contributed by atoms with Crippen molar-refractivity contribution >= 4 is 17.9 Å². The Bertz CT molecular complexity index is 495. The van der Waals surface area contributed by atoms with Crippen molar-refractivity contribution in [2.45, 2.75) is 58.0 Å². The number of cyclic esters (lactones) is 3. The van der Waals surface area contributed by atoms with Crippen LogP contribution in [0.1, 0.15) is 33.6 Å². The van der Waals surface area contributed by atoms with Gasteiger partial charge < -0.3 is 19.3 Å². The van der Waals surface area contributed by atoms with Crippen molar-refractivity contribution in [1.29, 1.82) is 0 Å². The number of esters is 3. The highest BCUT2D eigenvalue weighted by molar-refractivity contribution is 5.83. The molecule has 128 valence electrons. The molecule has 1 heterocycles. The van der Waals surface area contributed by atoms with Crippen molar-refractivity contribution in [3.63, 3.8) is 0 Å². The van der Waals surface area contributed by atoms with Gasteiger partial charge in [-0.3, -0.25) is 4.79 Å². The molecule has 0 fully saturated rings. The Labute approximate surface area is 134 Å². The van der Waals surface area contributed by atoms with Crippen LogP contribution in [0, 0.1) is 0 Å². The molecule has 0 saturated carbocycles. The summed E-state index contributed by atoms with van der Waals surface area (Å²) >= 11 is 0. The first-order chi connectivity index (χ1) is 10.8. The standard InChI is InChI=1S/C16H22O7/c1-10-5-4-6-14(18)22-11(2)9-16(20)23-12(3)13(17)7-8-15(19)21-10/h4,6-8,10-13,17H,5,9H2,1-3H3/b6-4-,8-7-. The minimum Gasteiger partial charge on any atom is -0.459 e.